The standard InChI is InChI=1S/C24H22Cl2O6/c1-30-22-7-5-17(16-4-2-3-15(9-16)10-24(28)29)11-23(22)32-14-19(27)13-31-21-8-6-18(25)12-20(21)26/h2-9,11-12,19,27H,10,13-14H2,1H3,(H,28,29). The Morgan fingerprint density at radius 3 is 2.28 bits per heavy atom. The highest BCUT2D eigenvalue weighted by Crippen LogP contribution is 2.33. The molecule has 0 saturated carbocycles. The van der Waals surface area contributed by atoms with E-state index >= 15 is 0 Å². The van der Waals surface area contributed by atoms with Gasteiger partial charge in [-0.1, -0.05) is 53.5 Å². The first kappa shape index (κ1) is 23.7. The van der Waals surface area contributed by atoms with Crippen LogP contribution >= 0.6 is 23.2 Å². The van der Waals surface area contributed by atoms with Crippen LogP contribution in [0, 0.1) is 0 Å². The van der Waals surface area contributed by atoms with Gasteiger partial charge in [-0.25, -0.2) is 0 Å². The molecule has 0 aliphatic carbocycles. The highest BCUT2D eigenvalue weighted by molar-refractivity contribution is 6.35. The van der Waals surface area contributed by atoms with E-state index < -0.39 is 12.1 Å². The molecule has 0 saturated heterocycles. The second-order valence-electron chi connectivity index (χ2n) is 6.99. The largest absolute Gasteiger partial charge is 0.493 e. The third-order valence-electron chi connectivity index (χ3n) is 4.54. The van der Waals surface area contributed by atoms with E-state index in [4.69, 9.17) is 42.5 Å². The topological polar surface area (TPSA) is 85.2 Å². The Morgan fingerprint density at radius 2 is 1.59 bits per heavy atom. The fraction of sp³-hybridized carbons (Fsp3) is 0.208. The van der Waals surface area contributed by atoms with Gasteiger partial charge < -0.3 is 24.4 Å². The fourth-order valence-electron chi connectivity index (χ4n) is 3.02. The second-order valence-corrected chi connectivity index (χ2v) is 7.83. The lowest BCUT2D eigenvalue weighted by Crippen LogP contribution is -2.25. The number of aliphatic hydroxyl groups excluding tert-OH is 1. The van der Waals surface area contributed by atoms with Gasteiger partial charge in [-0.2, -0.15) is 0 Å². The van der Waals surface area contributed by atoms with Crippen molar-refractivity contribution < 1.29 is 29.2 Å². The van der Waals surface area contributed by atoms with Crippen molar-refractivity contribution >= 4 is 29.2 Å². The summed E-state index contributed by atoms with van der Waals surface area (Å²) in [5, 5.41) is 20.1. The summed E-state index contributed by atoms with van der Waals surface area (Å²) in [5.41, 5.74) is 2.37. The number of hydrogen-bond acceptors (Lipinski definition) is 5. The minimum Gasteiger partial charge on any atom is -0.493 e. The summed E-state index contributed by atoms with van der Waals surface area (Å²) in [7, 11) is 1.53. The predicted molar refractivity (Wildman–Crippen MR) is 123 cm³/mol. The second kappa shape index (κ2) is 11.1. The highest BCUT2D eigenvalue weighted by atomic mass is 35.5. The summed E-state index contributed by atoms with van der Waals surface area (Å²) in [6, 6.07) is 17.5. The van der Waals surface area contributed by atoms with Crippen molar-refractivity contribution in [1.82, 2.24) is 0 Å². The van der Waals surface area contributed by atoms with Crippen LogP contribution < -0.4 is 14.2 Å². The summed E-state index contributed by atoms with van der Waals surface area (Å²) in [6.07, 6.45) is -0.981. The van der Waals surface area contributed by atoms with E-state index in [2.05, 4.69) is 0 Å². The van der Waals surface area contributed by atoms with Gasteiger partial charge in [0.2, 0.25) is 0 Å². The van der Waals surface area contributed by atoms with E-state index in [1.807, 2.05) is 18.2 Å². The third kappa shape index (κ3) is 6.53. The van der Waals surface area contributed by atoms with Crippen molar-refractivity contribution in [3.8, 4) is 28.4 Å². The van der Waals surface area contributed by atoms with Gasteiger partial charge in [0, 0.05) is 5.02 Å². The van der Waals surface area contributed by atoms with E-state index in [0.717, 1.165) is 11.1 Å². The van der Waals surface area contributed by atoms with Gasteiger partial charge in [-0.3, -0.25) is 4.79 Å². The van der Waals surface area contributed by atoms with Crippen molar-refractivity contribution in [2.75, 3.05) is 20.3 Å². The van der Waals surface area contributed by atoms with E-state index in [1.54, 1.807) is 42.5 Å². The lowest BCUT2D eigenvalue weighted by Gasteiger charge is -2.16. The fourth-order valence-corrected chi connectivity index (χ4v) is 3.48. The van der Waals surface area contributed by atoms with E-state index in [-0.39, 0.29) is 19.6 Å². The zero-order valence-electron chi connectivity index (χ0n) is 17.3. The van der Waals surface area contributed by atoms with Crippen LogP contribution in [0.2, 0.25) is 10.0 Å². The van der Waals surface area contributed by atoms with Crippen LogP contribution in [0.25, 0.3) is 11.1 Å². The van der Waals surface area contributed by atoms with Crippen molar-refractivity contribution in [3.63, 3.8) is 0 Å². The number of benzene rings is 3. The molecule has 3 aromatic carbocycles. The lowest BCUT2D eigenvalue weighted by atomic mass is 10.0. The monoisotopic (exact) mass is 476 g/mol. The van der Waals surface area contributed by atoms with Crippen molar-refractivity contribution in [1.29, 1.82) is 0 Å². The minimum atomic E-state index is -0.922. The number of hydrogen-bond donors (Lipinski definition) is 2. The number of aliphatic hydroxyl groups is 1. The van der Waals surface area contributed by atoms with Gasteiger partial charge >= 0.3 is 5.97 Å². The first-order valence-corrected chi connectivity index (χ1v) is 10.5. The molecular formula is C24H22Cl2O6. The average Bonchev–Trinajstić information content (AvgIpc) is 2.76. The molecule has 0 spiro atoms. The number of aliphatic carboxylic acids is 1. The Bertz CT molecular complexity index is 1090. The van der Waals surface area contributed by atoms with Gasteiger partial charge in [0.15, 0.2) is 11.5 Å². The third-order valence-corrected chi connectivity index (χ3v) is 5.07. The smallest absolute Gasteiger partial charge is 0.307 e. The van der Waals surface area contributed by atoms with Gasteiger partial charge in [-0.15, -0.1) is 0 Å². The molecule has 3 rings (SSSR count). The normalized spacial score (nSPS) is 11.6. The number of methoxy groups -OCH3 is 1. The molecule has 0 aromatic heterocycles. The average molecular weight is 477 g/mol. The maximum absolute atomic E-state index is 11.0. The summed E-state index contributed by atoms with van der Waals surface area (Å²) in [4.78, 5) is 11.0. The molecule has 1 unspecified atom stereocenters. The summed E-state index contributed by atoms with van der Waals surface area (Å²) in [6.45, 7) is -0.0648. The van der Waals surface area contributed by atoms with Gasteiger partial charge in [0.1, 0.15) is 25.1 Å². The van der Waals surface area contributed by atoms with Crippen molar-refractivity contribution in [3.05, 3.63) is 76.3 Å². The number of carboxylic acids is 1. The maximum Gasteiger partial charge on any atom is 0.307 e. The number of rotatable bonds is 10. The van der Waals surface area contributed by atoms with Crippen molar-refractivity contribution in [2.45, 2.75) is 12.5 Å². The number of carbonyl (C=O) groups is 1. The van der Waals surface area contributed by atoms with E-state index in [9.17, 15) is 9.90 Å². The summed E-state index contributed by atoms with van der Waals surface area (Å²) < 4.78 is 16.7. The molecule has 0 bridgehead atoms. The first-order valence-electron chi connectivity index (χ1n) is 9.73. The van der Waals surface area contributed by atoms with Crippen molar-refractivity contribution in [2.24, 2.45) is 0 Å². The molecule has 0 radical (unpaired) electrons. The Kier molecular flexibility index (Phi) is 8.22. The van der Waals surface area contributed by atoms with Crippen LogP contribution in [-0.4, -0.2) is 42.6 Å². The molecule has 8 heteroatoms. The Hall–Kier alpha value is -2.93. The van der Waals surface area contributed by atoms with E-state index in [1.165, 1.54) is 7.11 Å². The molecule has 1 atom stereocenters. The molecule has 6 nitrogen and oxygen atoms in total. The summed E-state index contributed by atoms with van der Waals surface area (Å²) >= 11 is 11.9. The Morgan fingerprint density at radius 1 is 0.906 bits per heavy atom. The van der Waals surface area contributed by atoms with Crippen LogP contribution in [0.5, 0.6) is 17.2 Å². The zero-order chi connectivity index (χ0) is 23.1. The molecule has 3 aromatic rings. The number of carboxylic acid groups (broad SMARTS) is 1. The lowest BCUT2D eigenvalue weighted by molar-refractivity contribution is -0.136. The number of ether oxygens (including phenoxy) is 3. The maximum atomic E-state index is 11.0. The summed E-state index contributed by atoms with van der Waals surface area (Å²) in [5.74, 6) is 0.467. The molecule has 0 amide bonds. The number of halogens is 2. The first-order chi connectivity index (χ1) is 15.4. The highest BCUT2D eigenvalue weighted by Gasteiger charge is 2.13. The molecule has 0 fully saturated rings. The SMILES string of the molecule is COc1ccc(-c2cccc(CC(=O)O)c2)cc1OCC(O)COc1ccc(Cl)cc1Cl. The quantitative estimate of drug-likeness (QED) is 0.422. The van der Waals surface area contributed by atoms with Gasteiger partial charge in [0.05, 0.1) is 18.6 Å². The van der Waals surface area contributed by atoms with Crippen LogP contribution in [0.1, 0.15) is 5.56 Å². The predicted octanol–water partition coefficient (Wildman–Crippen LogP) is 5.11. The van der Waals surface area contributed by atoms with Crippen LogP contribution in [-0.2, 0) is 11.2 Å². The van der Waals surface area contributed by atoms with Crippen LogP contribution in [0.3, 0.4) is 0 Å². The van der Waals surface area contributed by atoms with Gasteiger partial charge in [-0.05, 0) is 47.0 Å². The van der Waals surface area contributed by atoms with E-state index in [0.29, 0.717) is 32.9 Å². The van der Waals surface area contributed by atoms with Crippen LogP contribution in [0.15, 0.2) is 60.7 Å². The Labute approximate surface area is 195 Å². The molecule has 168 valence electrons. The molecule has 2 N–H and O–H groups in total. The minimum absolute atomic E-state index is 0.0272. The Balaban J connectivity index is 1.67. The molecule has 32 heavy (non-hydrogen) atoms. The molecule has 0 aliphatic rings. The van der Waals surface area contributed by atoms with Crippen LogP contribution in [0.4, 0.5) is 0 Å². The molecule has 0 heterocycles. The molecule has 0 aliphatic heterocycles. The zero-order valence-corrected chi connectivity index (χ0v) is 18.8. The molecular weight excluding hydrogens is 455 g/mol. The van der Waals surface area contributed by atoms with Gasteiger partial charge in [0.25, 0.3) is 0 Å².